The van der Waals surface area contributed by atoms with E-state index in [1.54, 1.807) is 12.1 Å². The molecule has 0 atom stereocenters. The summed E-state index contributed by atoms with van der Waals surface area (Å²) in [4.78, 5) is 27.6. The Hall–Kier alpha value is -3.99. The third-order valence-electron chi connectivity index (χ3n) is 6.13. The van der Waals surface area contributed by atoms with E-state index in [0.717, 1.165) is 38.0 Å². The summed E-state index contributed by atoms with van der Waals surface area (Å²) >= 11 is 0. The maximum atomic E-state index is 12.9. The van der Waals surface area contributed by atoms with E-state index in [1.807, 2.05) is 53.4 Å². The predicted octanol–water partition coefficient (Wildman–Crippen LogP) is 4.66. The highest BCUT2D eigenvalue weighted by atomic mass is 16.2. The smallest absolute Gasteiger partial charge is 0.255 e. The van der Waals surface area contributed by atoms with E-state index in [-0.39, 0.29) is 11.8 Å². The van der Waals surface area contributed by atoms with Crippen LogP contribution in [-0.2, 0) is 6.54 Å². The molecule has 0 radical (unpaired) electrons. The minimum atomic E-state index is -0.221. The Labute approximate surface area is 193 Å². The van der Waals surface area contributed by atoms with Crippen LogP contribution >= 0.6 is 0 Å². The van der Waals surface area contributed by atoms with Gasteiger partial charge in [0, 0.05) is 35.7 Å². The summed E-state index contributed by atoms with van der Waals surface area (Å²) in [6, 6.07) is 25.2. The Morgan fingerprint density at radius 2 is 1.52 bits per heavy atom. The Morgan fingerprint density at radius 3 is 2.30 bits per heavy atom. The molecular weight excluding hydrogens is 410 g/mol. The van der Waals surface area contributed by atoms with E-state index in [1.165, 1.54) is 10.8 Å². The average molecular weight is 437 g/mol. The van der Waals surface area contributed by atoms with Crippen LogP contribution in [0.2, 0.25) is 0 Å². The van der Waals surface area contributed by atoms with Gasteiger partial charge in [0.2, 0.25) is 0 Å². The molecule has 33 heavy (non-hydrogen) atoms. The lowest BCUT2D eigenvalue weighted by atomic mass is 10.1. The summed E-state index contributed by atoms with van der Waals surface area (Å²) in [7, 11) is 0. The minimum absolute atomic E-state index is 0.0221. The number of hydrogen-bond acceptors (Lipinski definition) is 2. The van der Waals surface area contributed by atoms with E-state index < -0.39 is 0 Å². The summed E-state index contributed by atoms with van der Waals surface area (Å²) in [5, 5.41) is 5.33. The van der Waals surface area contributed by atoms with Gasteiger partial charge in [0.1, 0.15) is 0 Å². The van der Waals surface area contributed by atoms with Crippen molar-refractivity contribution in [1.82, 2.24) is 4.90 Å². The number of nitrogens with one attached hydrogen (secondary N) is 1. The molecule has 1 aromatic heterocycles. The highest BCUT2D eigenvalue weighted by molar-refractivity contribution is 6.09. The number of carbonyl (C=O) groups excluding carboxylic acids is 2. The van der Waals surface area contributed by atoms with E-state index in [4.69, 9.17) is 0 Å². The van der Waals surface area contributed by atoms with Gasteiger partial charge in [0.15, 0.2) is 18.9 Å². The lowest BCUT2D eigenvalue weighted by Crippen LogP contribution is -2.33. The van der Waals surface area contributed by atoms with Gasteiger partial charge in [-0.25, -0.2) is 4.57 Å². The molecule has 5 heteroatoms. The van der Waals surface area contributed by atoms with Crippen molar-refractivity contribution in [3.8, 4) is 0 Å². The second-order valence-electron chi connectivity index (χ2n) is 8.44. The zero-order valence-electron chi connectivity index (χ0n) is 18.4. The topological polar surface area (TPSA) is 53.3 Å². The first-order chi connectivity index (χ1) is 16.2. The summed E-state index contributed by atoms with van der Waals surface area (Å²) in [6.45, 7) is 2.27. The van der Waals surface area contributed by atoms with Crippen molar-refractivity contribution in [1.29, 1.82) is 0 Å². The number of benzene rings is 3. The number of hydrogen-bond donors (Lipinski definition) is 1. The molecular formula is C28H26N3O2+. The van der Waals surface area contributed by atoms with Gasteiger partial charge in [-0.15, -0.1) is 0 Å². The Balaban J connectivity index is 1.28. The van der Waals surface area contributed by atoms with Crippen molar-refractivity contribution in [2.75, 3.05) is 18.4 Å². The first kappa shape index (κ1) is 20.9. The van der Waals surface area contributed by atoms with E-state index in [2.05, 4.69) is 40.5 Å². The SMILES string of the molecule is O=C(Nc1ccccc1C(=O)N1CCCC1)c1ccc(C[n+]2ccc3ccccc3c2)cc1. The molecule has 5 rings (SSSR count). The number of anilines is 1. The van der Waals surface area contributed by atoms with Crippen molar-refractivity contribution in [2.24, 2.45) is 0 Å². The number of pyridine rings is 1. The van der Waals surface area contributed by atoms with Crippen LogP contribution in [0.25, 0.3) is 10.8 Å². The van der Waals surface area contributed by atoms with Gasteiger partial charge in [-0.3, -0.25) is 9.59 Å². The third kappa shape index (κ3) is 4.62. The number of para-hydroxylation sites is 1. The number of amides is 2. The van der Waals surface area contributed by atoms with Crippen LogP contribution in [0.3, 0.4) is 0 Å². The molecule has 1 fully saturated rings. The van der Waals surface area contributed by atoms with Crippen molar-refractivity contribution >= 4 is 28.3 Å². The molecule has 1 N–H and O–H groups in total. The molecule has 1 saturated heterocycles. The Morgan fingerprint density at radius 1 is 0.818 bits per heavy atom. The zero-order chi connectivity index (χ0) is 22.6. The number of rotatable bonds is 5. The fraction of sp³-hybridized carbons (Fsp3) is 0.179. The maximum Gasteiger partial charge on any atom is 0.255 e. The van der Waals surface area contributed by atoms with Gasteiger partial charge in [0.25, 0.3) is 11.8 Å². The Kier molecular flexibility index (Phi) is 5.85. The summed E-state index contributed by atoms with van der Waals surface area (Å²) in [6.07, 6.45) is 6.26. The molecule has 2 heterocycles. The van der Waals surface area contributed by atoms with E-state index in [0.29, 0.717) is 16.8 Å². The highest BCUT2D eigenvalue weighted by Gasteiger charge is 2.22. The van der Waals surface area contributed by atoms with Crippen molar-refractivity contribution in [3.05, 3.63) is 108 Å². The highest BCUT2D eigenvalue weighted by Crippen LogP contribution is 2.21. The standard InChI is InChI=1S/C28H25N3O2/c32-27(29-26-10-4-3-9-25(26)28(33)31-16-5-6-17-31)23-13-11-21(12-14-23)19-30-18-15-22-7-1-2-8-24(22)20-30/h1-4,7-15,18,20H,5-6,16-17,19H2/p+1. The average Bonchev–Trinajstić information content (AvgIpc) is 3.39. The van der Waals surface area contributed by atoms with Crippen LogP contribution < -0.4 is 9.88 Å². The van der Waals surface area contributed by atoms with Crippen LogP contribution in [0.5, 0.6) is 0 Å². The summed E-state index contributed by atoms with van der Waals surface area (Å²) < 4.78 is 2.14. The fourth-order valence-corrected chi connectivity index (χ4v) is 4.31. The number of nitrogens with zero attached hydrogens (tertiary/aromatic N) is 2. The monoisotopic (exact) mass is 436 g/mol. The van der Waals surface area contributed by atoms with Crippen molar-refractivity contribution < 1.29 is 14.2 Å². The van der Waals surface area contributed by atoms with Gasteiger partial charge in [-0.2, -0.15) is 0 Å². The van der Waals surface area contributed by atoms with Crippen LogP contribution in [0.15, 0.2) is 91.3 Å². The van der Waals surface area contributed by atoms with Crippen molar-refractivity contribution in [2.45, 2.75) is 19.4 Å². The number of carbonyl (C=O) groups is 2. The molecule has 2 amide bonds. The number of fused-ring (bicyclic) bond motifs is 1. The van der Waals surface area contributed by atoms with Crippen molar-refractivity contribution in [3.63, 3.8) is 0 Å². The molecule has 5 nitrogen and oxygen atoms in total. The first-order valence-electron chi connectivity index (χ1n) is 11.3. The first-order valence-corrected chi connectivity index (χ1v) is 11.3. The molecule has 1 aliphatic rings. The lowest BCUT2D eigenvalue weighted by molar-refractivity contribution is -0.687. The summed E-state index contributed by atoms with van der Waals surface area (Å²) in [5.74, 6) is -0.243. The minimum Gasteiger partial charge on any atom is -0.339 e. The normalized spacial score (nSPS) is 13.3. The second-order valence-corrected chi connectivity index (χ2v) is 8.44. The van der Waals surface area contributed by atoms with Crippen LogP contribution in [-0.4, -0.2) is 29.8 Å². The zero-order valence-corrected chi connectivity index (χ0v) is 18.4. The second kappa shape index (κ2) is 9.25. The van der Waals surface area contributed by atoms with Gasteiger partial charge >= 0.3 is 0 Å². The quantitative estimate of drug-likeness (QED) is 0.463. The molecule has 0 unspecified atom stereocenters. The van der Waals surface area contributed by atoms with Gasteiger partial charge in [-0.05, 0) is 48.6 Å². The number of likely N-dealkylation sites (tertiary alicyclic amines) is 1. The van der Waals surface area contributed by atoms with Gasteiger partial charge < -0.3 is 10.2 Å². The van der Waals surface area contributed by atoms with Gasteiger partial charge in [0.05, 0.1) is 11.3 Å². The molecule has 0 saturated carbocycles. The molecule has 0 spiro atoms. The maximum absolute atomic E-state index is 12.9. The largest absolute Gasteiger partial charge is 0.339 e. The molecule has 4 aromatic rings. The summed E-state index contributed by atoms with van der Waals surface area (Å²) in [5.41, 5.74) is 2.76. The van der Waals surface area contributed by atoms with E-state index in [9.17, 15) is 9.59 Å². The molecule has 0 bridgehead atoms. The van der Waals surface area contributed by atoms with Crippen LogP contribution in [0.1, 0.15) is 39.1 Å². The third-order valence-corrected chi connectivity index (χ3v) is 6.13. The van der Waals surface area contributed by atoms with E-state index >= 15 is 0 Å². The predicted molar refractivity (Wildman–Crippen MR) is 129 cm³/mol. The fourth-order valence-electron chi connectivity index (χ4n) is 4.31. The molecule has 0 aliphatic carbocycles. The molecule has 3 aromatic carbocycles. The number of aromatic nitrogens is 1. The van der Waals surface area contributed by atoms with Gasteiger partial charge in [-0.1, -0.05) is 42.5 Å². The van der Waals surface area contributed by atoms with Crippen LogP contribution in [0.4, 0.5) is 5.69 Å². The Bertz CT molecular complexity index is 1310. The molecule has 164 valence electrons. The van der Waals surface area contributed by atoms with Crippen LogP contribution in [0, 0.1) is 0 Å². The lowest BCUT2D eigenvalue weighted by Gasteiger charge is -2.18. The molecule has 1 aliphatic heterocycles.